The third kappa shape index (κ3) is 1.43. The number of allylic oxidation sites excluding steroid dienone is 2. The minimum absolute atomic E-state index is 0.0140. The van der Waals surface area contributed by atoms with E-state index in [0.29, 0.717) is 12.0 Å². The summed E-state index contributed by atoms with van der Waals surface area (Å²) in [6.45, 7) is 9.46. The van der Waals surface area contributed by atoms with Gasteiger partial charge in [0.15, 0.2) is 5.78 Å². The summed E-state index contributed by atoms with van der Waals surface area (Å²) < 4.78 is 5.75. The Bertz CT molecular complexity index is 482. The van der Waals surface area contributed by atoms with Crippen molar-refractivity contribution < 1.29 is 14.3 Å². The summed E-state index contributed by atoms with van der Waals surface area (Å²) in [5.74, 6) is -0.135. The number of rotatable bonds is 2. The molecular formula is C15H20O3. The molecule has 98 valence electrons. The summed E-state index contributed by atoms with van der Waals surface area (Å²) in [5.41, 5.74) is 0.588. The lowest BCUT2D eigenvalue weighted by Crippen LogP contribution is -2.67. The number of fused-ring (bicyclic) bond motifs is 1. The van der Waals surface area contributed by atoms with Gasteiger partial charge in [0.1, 0.15) is 5.60 Å². The molecule has 0 aromatic heterocycles. The number of hydrogen-bond acceptors (Lipinski definition) is 3. The molecule has 1 unspecified atom stereocenters. The number of esters is 1. The largest absolute Gasteiger partial charge is 0.451 e. The summed E-state index contributed by atoms with van der Waals surface area (Å²) in [6, 6.07) is 0. The molecule has 0 amide bonds. The molecule has 0 aromatic rings. The standard InChI is InChI=1S/C15H20O3/c1-6-9(2)13(17)18-15-8-11(14(15,4)5)12(16)7-10(15)3/h6-7,11H,8H2,1-5H3/t11?,15-/m0/s1. The molecule has 3 aliphatic carbocycles. The second-order valence-corrected chi connectivity index (χ2v) is 5.90. The zero-order valence-electron chi connectivity index (χ0n) is 11.7. The molecule has 0 aliphatic heterocycles. The third-order valence-corrected chi connectivity index (χ3v) is 4.76. The fourth-order valence-corrected chi connectivity index (χ4v) is 3.12. The van der Waals surface area contributed by atoms with Crippen LogP contribution in [-0.4, -0.2) is 17.4 Å². The lowest BCUT2D eigenvalue weighted by molar-refractivity contribution is -0.209. The molecule has 0 aromatic carbocycles. The van der Waals surface area contributed by atoms with Crippen molar-refractivity contribution in [3.63, 3.8) is 0 Å². The predicted molar refractivity (Wildman–Crippen MR) is 68.9 cm³/mol. The van der Waals surface area contributed by atoms with E-state index in [-0.39, 0.29) is 23.1 Å². The highest BCUT2D eigenvalue weighted by Gasteiger charge is 2.67. The lowest BCUT2D eigenvalue weighted by Gasteiger charge is -2.62. The van der Waals surface area contributed by atoms with Gasteiger partial charge in [0, 0.05) is 23.3 Å². The van der Waals surface area contributed by atoms with E-state index in [9.17, 15) is 9.59 Å². The molecule has 3 aliphatic rings. The van der Waals surface area contributed by atoms with Crippen molar-refractivity contribution in [3.8, 4) is 0 Å². The molecule has 3 heteroatoms. The Hall–Kier alpha value is -1.38. The van der Waals surface area contributed by atoms with Crippen LogP contribution in [0.5, 0.6) is 0 Å². The molecule has 3 nitrogen and oxygen atoms in total. The Balaban J connectivity index is 2.35. The summed E-state index contributed by atoms with van der Waals surface area (Å²) in [7, 11) is 0. The van der Waals surface area contributed by atoms with Gasteiger partial charge in [0.2, 0.25) is 0 Å². The second-order valence-electron chi connectivity index (χ2n) is 5.90. The van der Waals surface area contributed by atoms with Crippen LogP contribution in [-0.2, 0) is 14.3 Å². The van der Waals surface area contributed by atoms with E-state index in [4.69, 9.17) is 4.74 Å². The molecule has 0 saturated heterocycles. The summed E-state index contributed by atoms with van der Waals surface area (Å²) in [4.78, 5) is 23.8. The van der Waals surface area contributed by atoms with Crippen molar-refractivity contribution in [1.82, 2.24) is 0 Å². The highest BCUT2D eigenvalue weighted by Crippen LogP contribution is 2.62. The fraction of sp³-hybridized carbons (Fsp3) is 0.600. The van der Waals surface area contributed by atoms with E-state index >= 15 is 0 Å². The molecule has 18 heavy (non-hydrogen) atoms. The van der Waals surface area contributed by atoms with Crippen LogP contribution >= 0.6 is 0 Å². The van der Waals surface area contributed by atoms with E-state index in [1.54, 1.807) is 19.1 Å². The van der Waals surface area contributed by atoms with Gasteiger partial charge in [-0.25, -0.2) is 4.79 Å². The van der Waals surface area contributed by atoms with Crippen molar-refractivity contribution in [2.24, 2.45) is 11.3 Å². The monoisotopic (exact) mass is 248 g/mol. The SMILES string of the molecule is CC=C(C)C(=O)O[C@@]12CC(C(=O)C=C1C)C2(C)C. The number of carbonyl (C=O) groups is 2. The Labute approximate surface area is 108 Å². The quantitative estimate of drug-likeness (QED) is 0.557. The Kier molecular flexibility index (Phi) is 2.76. The number of carbonyl (C=O) groups excluding carboxylic acids is 2. The zero-order chi connectivity index (χ0) is 13.7. The average Bonchev–Trinajstić information content (AvgIpc) is 2.30. The number of hydrogen-bond donors (Lipinski definition) is 0. The van der Waals surface area contributed by atoms with E-state index < -0.39 is 5.60 Å². The first-order chi connectivity index (χ1) is 8.26. The molecule has 0 radical (unpaired) electrons. The Morgan fingerprint density at radius 2 is 2.11 bits per heavy atom. The van der Waals surface area contributed by atoms with Crippen LogP contribution in [0, 0.1) is 11.3 Å². The molecule has 3 rings (SSSR count). The second kappa shape index (κ2) is 3.81. The van der Waals surface area contributed by atoms with Crippen LogP contribution in [0.2, 0.25) is 0 Å². The zero-order valence-corrected chi connectivity index (χ0v) is 11.7. The fourth-order valence-electron chi connectivity index (χ4n) is 3.12. The van der Waals surface area contributed by atoms with Crippen molar-refractivity contribution in [3.05, 3.63) is 23.3 Å². The van der Waals surface area contributed by atoms with Crippen molar-refractivity contribution in [2.75, 3.05) is 0 Å². The van der Waals surface area contributed by atoms with Gasteiger partial charge < -0.3 is 4.74 Å². The maximum Gasteiger partial charge on any atom is 0.334 e. The summed E-state index contributed by atoms with van der Waals surface area (Å²) in [6.07, 6.45) is 4.01. The molecule has 1 saturated carbocycles. The van der Waals surface area contributed by atoms with Crippen LogP contribution in [0.3, 0.4) is 0 Å². The van der Waals surface area contributed by atoms with E-state index in [1.165, 1.54) is 0 Å². The lowest BCUT2D eigenvalue weighted by atomic mass is 9.45. The first-order valence-electron chi connectivity index (χ1n) is 6.35. The van der Waals surface area contributed by atoms with E-state index in [0.717, 1.165) is 5.57 Å². The van der Waals surface area contributed by atoms with Gasteiger partial charge in [0.05, 0.1) is 0 Å². The predicted octanol–water partition coefficient (Wildman–Crippen LogP) is 2.81. The van der Waals surface area contributed by atoms with Crippen LogP contribution in [0.25, 0.3) is 0 Å². The van der Waals surface area contributed by atoms with Crippen molar-refractivity contribution in [2.45, 2.75) is 46.6 Å². The first kappa shape index (κ1) is 13.1. The molecule has 0 heterocycles. The number of ketones is 1. The van der Waals surface area contributed by atoms with Crippen LogP contribution in [0.1, 0.15) is 41.0 Å². The van der Waals surface area contributed by atoms with Crippen molar-refractivity contribution in [1.29, 1.82) is 0 Å². The molecule has 2 atom stereocenters. The van der Waals surface area contributed by atoms with E-state index in [2.05, 4.69) is 0 Å². The van der Waals surface area contributed by atoms with Crippen molar-refractivity contribution >= 4 is 11.8 Å². The molecule has 0 N–H and O–H groups in total. The smallest absolute Gasteiger partial charge is 0.334 e. The number of ether oxygens (including phenoxy) is 1. The van der Waals surface area contributed by atoms with Gasteiger partial charge in [-0.1, -0.05) is 19.9 Å². The molecular weight excluding hydrogens is 228 g/mol. The van der Waals surface area contributed by atoms with Gasteiger partial charge >= 0.3 is 5.97 Å². The highest BCUT2D eigenvalue weighted by atomic mass is 16.6. The minimum Gasteiger partial charge on any atom is -0.451 e. The Morgan fingerprint density at radius 1 is 1.50 bits per heavy atom. The van der Waals surface area contributed by atoms with E-state index in [1.807, 2.05) is 27.7 Å². The molecule has 2 bridgehead atoms. The maximum atomic E-state index is 12.0. The summed E-state index contributed by atoms with van der Waals surface area (Å²) in [5, 5.41) is 0. The van der Waals surface area contributed by atoms with Gasteiger partial charge in [-0.15, -0.1) is 0 Å². The topological polar surface area (TPSA) is 43.4 Å². The summed E-state index contributed by atoms with van der Waals surface area (Å²) >= 11 is 0. The third-order valence-electron chi connectivity index (χ3n) is 4.76. The van der Waals surface area contributed by atoms with Gasteiger partial charge in [-0.3, -0.25) is 4.79 Å². The van der Waals surface area contributed by atoms with Crippen LogP contribution in [0.15, 0.2) is 23.3 Å². The van der Waals surface area contributed by atoms with Gasteiger partial charge in [-0.05, 0) is 32.4 Å². The van der Waals surface area contributed by atoms with Crippen LogP contribution < -0.4 is 0 Å². The average molecular weight is 248 g/mol. The highest BCUT2D eigenvalue weighted by molar-refractivity contribution is 5.98. The minimum atomic E-state index is -0.590. The molecule has 0 spiro atoms. The van der Waals surface area contributed by atoms with Crippen LogP contribution in [0.4, 0.5) is 0 Å². The normalized spacial score (nSPS) is 33.6. The Morgan fingerprint density at radius 3 is 2.56 bits per heavy atom. The van der Waals surface area contributed by atoms with Gasteiger partial charge in [0.25, 0.3) is 0 Å². The molecule has 1 fully saturated rings. The van der Waals surface area contributed by atoms with Gasteiger partial charge in [-0.2, -0.15) is 0 Å². The maximum absolute atomic E-state index is 12.0. The first-order valence-corrected chi connectivity index (χ1v) is 6.35.